The number of aromatic nitrogens is 1. The van der Waals surface area contributed by atoms with Crippen LogP contribution in [0.15, 0.2) is 42.6 Å². The molecule has 25 heavy (non-hydrogen) atoms. The Morgan fingerprint density at radius 2 is 2.16 bits per heavy atom. The van der Waals surface area contributed by atoms with Gasteiger partial charge in [0.15, 0.2) is 0 Å². The molecule has 0 saturated carbocycles. The molecular weight excluding hydrogens is 323 g/mol. The van der Waals surface area contributed by atoms with Gasteiger partial charge in [0.1, 0.15) is 11.9 Å². The first-order valence-electron chi connectivity index (χ1n) is 7.98. The molecule has 1 saturated heterocycles. The Morgan fingerprint density at radius 3 is 2.92 bits per heavy atom. The van der Waals surface area contributed by atoms with E-state index in [1.54, 1.807) is 17.0 Å². The third-order valence-electron chi connectivity index (χ3n) is 3.91. The monoisotopic (exact) mass is 340 g/mol. The van der Waals surface area contributed by atoms with Crippen LogP contribution in [0.3, 0.4) is 0 Å². The molecule has 6 nitrogen and oxygen atoms in total. The summed E-state index contributed by atoms with van der Waals surface area (Å²) in [6.45, 7) is 1.05. The van der Waals surface area contributed by atoms with Crippen molar-refractivity contribution < 1.29 is 13.9 Å². The lowest BCUT2D eigenvalue weighted by Crippen LogP contribution is -2.46. The average Bonchev–Trinajstić information content (AvgIpc) is 2.64. The van der Waals surface area contributed by atoms with Crippen molar-refractivity contribution in [2.24, 2.45) is 0 Å². The van der Waals surface area contributed by atoms with Crippen LogP contribution in [0.4, 0.5) is 14.9 Å². The van der Waals surface area contributed by atoms with Crippen molar-refractivity contribution in [3.63, 3.8) is 0 Å². The van der Waals surface area contributed by atoms with Gasteiger partial charge in [-0.3, -0.25) is 0 Å². The second-order valence-electron chi connectivity index (χ2n) is 5.76. The summed E-state index contributed by atoms with van der Waals surface area (Å²) in [5.74, 6) is 0.0291. The summed E-state index contributed by atoms with van der Waals surface area (Å²) in [6, 6.07) is 10.6. The Bertz CT molecular complexity index is 788. The maximum absolute atomic E-state index is 12.9. The fourth-order valence-corrected chi connectivity index (χ4v) is 2.67. The summed E-state index contributed by atoms with van der Waals surface area (Å²) in [5.41, 5.74) is 1.02. The molecule has 0 aliphatic carbocycles. The molecule has 1 N–H and O–H groups in total. The zero-order chi connectivity index (χ0) is 17.6. The van der Waals surface area contributed by atoms with E-state index in [0.717, 1.165) is 12.8 Å². The Balaban J connectivity index is 1.59. The number of anilines is 1. The van der Waals surface area contributed by atoms with Gasteiger partial charge in [-0.2, -0.15) is 5.26 Å². The SMILES string of the molecule is N#Cc1ccnc(OC2CCCN(C(=O)Nc3ccc(F)cc3)C2)c1. The topological polar surface area (TPSA) is 78.2 Å². The van der Waals surface area contributed by atoms with Gasteiger partial charge in [0.2, 0.25) is 5.88 Å². The van der Waals surface area contributed by atoms with Crippen LogP contribution in [0.2, 0.25) is 0 Å². The predicted molar refractivity (Wildman–Crippen MR) is 89.6 cm³/mol. The molecule has 2 heterocycles. The molecule has 0 radical (unpaired) electrons. The molecule has 1 unspecified atom stereocenters. The van der Waals surface area contributed by atoms with E-state index in [-0.39, 0.29) is 18.0 Å². The number of hydrogen-bond acceptors (Lipinski definition) is 4. The summed E-state index contributed by atoms with van der Waals surface area (Å²) in [6.07, 6.45) is 2.95. The largest absolute Gasteiger partial charge is 0.472 e. The van der Waals surface area contributed by atoms with E-state index in [1.807, 2.05) is 6.07 Å². The van der Waals surface area contributed by atoms with Gasteiger partial charge in [-0.1, -0.05) is 0 Å². The van der Waals surface area contributed by atoms with Gasteiger partial charge in [-0.25, -0.2) is 14.2 Å². The second kappa shape index (κ2) is 7.62. The van der Waals surface area contributed by atoms with E-state index in [2.05, 4.69) is 10.3 Å². The van der Waals surface area contributed by atoms with E-state index in [4.69, 9.17) is 10.00 Å². The number of ether oxygens (including phenoxy) is 1. The number of amides is 2. The van der Waals surface area contributed by atoms with Crippen LogP contribution >= 0.6 is 0 Å². The van der Waals surface area contributed by atoms with Gasteiger partial charge < -0.3 is 15.0 Å². The zero-order valence-electron chi connectivity index (χ0n) is 13.5. The molecule has 128 valence electrons. The van der Waals surface area contributed by atoms with Crippen LogP contribution in [-0.2, 0) is 0 Å². The van der Waals surface area contributed by atoms with Crippen molar-refractivity contribution >= 4 is 11.7 Å². The summed E-state index contributed by atoms with van der Waals surface area (Å²) in [7, 11) is 0. The highest BCUT2D eigenvalue weighted by Crippen LogP contribution is 2.18. The number of halogens is 1. The van der Waals surface area contributed by atoms with Crippen molar-refractivity contribution in [1.82, 2.24) is 9.88 Å². The van der Waals surface area contributed by atoms with Crippen LogP contribution < -0.4 is 10.1 Å². The molecular formula is C18H17FN4O2. The molecule has 1 aliphatic rings. The molecule has 1 atom stereocenters. The van der Waals surface area contributed by atoms with E-state index >= 15 is 0 Å². The molecule has 1 fully saturated rings. The van der Waals surface area contributed by atoms with Gasteiger partial charge in [-0.05, 0) is 43.2 Å². The van der Waals surface area contributed by atoms with E-state index in [0.29, 0.717) is 30.2 Å². The number of pyridine rings is 1. The van der Waals surface area contributed by atoms with Gasteiger partial charge in [0, 0.05) is 24.5 Å². The van der Waals surface area contributed by atoms with Crippen LogP contribution in [0, 0.1) is 17.1 Å². The number of urea groups is 1. The minimum atomic E-state index is -0.350. The molecule has 0 bridgehead atoms. The molecule has 2 amide bonds. The van der Waals surface area contributed by atoms with Gasteiger partial charge >= 0.3 is 6.03 Å². The van der Waals surface area contributed by atoms with Gasteiger partial charge in [0.05, 0.1) is 18.2 Å². The summed E-state index contributed by atoms with van der Waals surface area (Å²) >= 11 is 0. The second-order valence-corrected chi connectivity index (χ2v) is 5.76. The highest BCUT2D eigenvalue weighted by molar-refractivity contribution is 5.89. The number of carbonyl (C=O) groups excluding carboxylic acids is 1. The normalized spacial score (nSPS) is 16.8. The molecule has 1 aromatic heterocycles. The van der Waals surface area contributed by atoms with E-state index < -0.39 is 0 Å². The lowest BCUT2D eigenvalue weighted by atomic mass is 10.1. The third kappa shape index (κ3) is 4.44. The summed E-state index contributed by atoms with van der Waals surface area (Å²) < 4.78 is 18.7. The lowest BCUT2D eigenvalue weighted by molar-refractivity contribution is 0.102. The Labute approximate surface area is 144 Å². The van der Waals surface area contributed by atoms with Crippen LogP contribution in [0.5, 0.6) is 5.88 Å². The van der Waals surface area contributed by atoms with E-state index in [1.165, 1.54) is 30.5 Å². The third-order valence-corrected chi connectivity index (χ3v) is 3.91. The number of rotatable bonds is 3. The fraction of sp³-hybridized carbons (Fsp3) is 0.278. The number of benzene rings is 1. The Kier molecular flexibility index (Phi) is 5.09. The quantitative estimate of drug-likeness (QED) is 0.931. The Morgan fingerprint density at radius 1 is 1.36 bits per heavy atom. The Hall–Kier alpha value is -3.14. The number of hydrogen-bond donors (Lipinski definition) is 1. The first-order chi connectivity index (χ1) is 12.1. The number of nitriles is 1. The highest BCUT2D eigenvalue weighted by atomic mass is 19.1. The molecule has 3 rings (SSSR count). The standard InChI is InChI=1S/C18H17FN4O2/c19-14-3-5-15(6-4-14)22-18(24)23-9-1-2-16(12-23)25-17-10-13(11-20)7-8-21-17/h3-8,10,16H,1-2,9,12H2,(H,22,24). The highest BCUT2D eigenvalue weighted by Gasteiger charge is 2.25. The minimum absolute atomic E-state index is 0.186. The van der Waals surface area contributed by atoms with Crippen LogP contribution in [0.1, 0.15) is 18.4 Å². The first-order valence-corrected chi connectivity index (χ1v) is 7.98. The number of nitrogens with zero attached hydrogens (tertiary/aromatic N) is 3. The predicted octanol–water partition coefficient (Wildman–Crippen LogP) is 3.17. The van der Waals surface area contributed by atoms with Gasteiger partial charge in [0.25, 0.3) is 0 Å². The summed E-state index contributed by atoms with van der Waals surface area (Å²) in [4.78, 5) is 18.1. The van der Waals surface area contributed by atoms with Crippen molar-refractivity contribution in [2.45, 2.75) is 18.9 Å². The fourth-order valence-electron chi connectivity index (χ4n) is 2.67. The molecule has 1 aliphatic heterocycles. The number of likely N-dealkylation sites (tertiary alicyclic amines) is 1. The number of nitrogens with one attached hydrogen (secondary N) is 1. The van der Waals surface area contributed by atoms with Crippen LogP contribution in [-0.4, -0.2) is 35.1 Å². The maximum Gasteiger partial charge on any atom is 0.321 e. The maximum atomic E-state index is 12.9. The molecule has 1 aromatic carbocycles. The summed E-state index contributed by atoms with van der Waals surface area (Å²) in [5, 5.41) is 11.7. The van der Waals surface area contributed by atoms with E-state index in [9.17, 15) is 9.18 Å². The lowest BCUT2D eigenvalue weighted by Gasteiger charge is -2.32. The smallest absolute Gasteiger partial charge is 0.321 e. The van der Waals surface area contributed by atoms with Crippen molar-refractivity contribution in [3.05, 3.63) is 54.0 Å². The minimum Gasteiger partial charge on any atom is -0.472 e. The van der Waals surface area contributed by atoms with Crippen molar-refractivity contribution in [2.75, 3.05) is 18.4 Å². The number of piperidine rings is 1. The zero-order valence-corrected chi connectivity index (χ0v) is 13.5. The van der Waals surface area contributed by atoms with Crippen LogP contribution in [0.25, 0.3) is 0 Å². The van der Waals surface area contributed by atoms with Crippen molar-refractivity contribution in [3.8, 4) is 11.9 Å². The molecule has 2 aromatic rings. The number of carbonyl (C=O) groups is 1. The average molecular weight is 340 g/mol. The molecule has 7 heteroatoms. The first kappa shape index (κ1) is 16.7. The molecule has 0 spiro atoms. The van der Waals surface area contributed by atoms with Crippen molar-refractivity contribution in [1.29, 1.82) is 5.26 Å². The van der Waals surface area contributed by atoms with Gasteiger partial charge in [-0.15, -0.1) is 0 Å².